The van der Waals surface area contributed by atoms with Crippen LogP contribution in [-0.2, 0) is 11.3 Å². The van der Waals surface area contributed by atoms with Gasteiger partial charge in [-0.3, -0.25) is 9.69 Å². The molecule has 0 bridgehead atoms. The summed E-state index contributed by atoms with van der Waals surface area (Å²) in [6.07, 6.45) is 0.944. The van der Waals surface area contributed by atoms with Gasteiger partial charge in [0.2, 0.25) is 5.91 Å². The molecule has 96 valence electrons. The molecule has 1 amide bonds. The van der Waals surface area contributed by atoms with Crippen LogP contribution in [0.2, 0.25) is 0 Å². The van der Waals surface area contributed by atoms with Gasteiger partial charge in [0.1, 0.15) is 0 Å². The zero-order valence-corrected chi connectivity index (χ0v) is 10.9. The number of carbonyl (C=O) groups is 1. The fourth-order valence-corrected chi connectivity index (χ4v) is 1.67. The van der Waals surface area contributed by atoms with Crippen LogP contribution in [0, 0.1) is 11.3 Å². The summed E-state index contributed by atoms with van der Waals surface area (Å²) < 4.78 is 0. The van der Waals surface area contributed by atoms with Crippen molar-refractivity contribution in [1.82, 2.24) is 10.2 Å². The molecule has 4 nitrogen and oxygen atoms in total. The molecule has 1 aromatic rings. The van der Waals surface area contributed by atoms with E-state index in [0.29, 0.717) is 18.7 Å². The number of nitrogens with one attached hydrogen (secondary N) is 1. The highest BCUT2D eigenvalue weighted by Gasteiger charge is 2.06. The van der Waals surface area contributed by atoms with Gasteiger partial charge in [-0.1, -0.05) is 19.1 Å². The topological polar surface area (TPSA) is 56.1 Å². The molecule has 0 heterocycles. The molecule has 18 heavy (non-hydrogen) atoms. The van der Waals surface area contributed by atoms with E-state index in [4.69, 9.17) is 5.26 Å². The van der Waals surface area contributed by atoms with Crippen molar-refractivity contribution in [2.45, 2.75) is 19.9 Å². The van der Waals surface area contributed by atoms with E-state index >= 15 is 0 Å². The Balaban J connectivity index is 2.46. The third kappa shape index (κ3) is 4.98. The van der Waals surface area contributed by atoms with Crippen LogP contribution in [0.3, 0.4) is 0 Å². The van der Waals surface area contributed by atoms with Crippen molar-refractivity contribution in [3.63, 3.8) is 0 Å². The number of rotatable bonds is 6. The maximum absolute atomic E-state index is 11.5. The van der Waals surface area contributed by atoms with Gasteiger partial charge in [0.15, 0.2) is 0 Å². The predicted molar refractivity (Wildman–Crippen MR) is 70.8 cm³/mol. The summed E-state index contributed by atoms with van der Waals surface area (Å²) in [5.41, 5.74) is 1.69. The highest BCUT2D eigenvalue weighted by molar-refractivity contribution is 5.77. The molecule has 0 atom stereocenters. The van der Waals surface area contributed by atoms with Crippen molar-refractivity contribution in [2.24, 2.45) is 0 Å². The predicted octanol–water partition coefficient (Wildman–Crippen LogP) is 1.52. The number of carbonyl (C=O) groups excluding carboxylic acids is 1. The average Bonchev–Trinajstić information content (AvgIpc) is 2.36. The Morgan fingerprint density at radius 2 is 2.28 bits per heavy atom. The molecule has 4 heteroatoms. The minimum absolute atomic E-state index is 0.0378. The molecule has 0 aliphatic rings. The Kier molecular flexibility index (Phi) is 5.89. The van der Waals surface area contributed by atoms with Crippen molar-refractivity contribution in [3.8, 4) is 6.07 Å². The molecule has 0 unspecified atom stereocenters. The van der Waals surface area contributed by atoms with Crippen molar-refractivity contribution in [2.75, 3.05) is 20.1 Å². The minimum atomic E-state index is 0.0378. The molecular formula is C14H19N3O. The van der Waals surface area contributed by atoms with Crippen LogP contribution in [0.1, 0.15) is 24.5 Å². The van der Waals surface area contributed by atoms with Crippen molar-refractivity contribution in [3.05, 3.63) is 35.4 Å². The monoisotopic (exact) mass is 245 g/mol. The van der Waals surface area contributed by atoms with Crippen molar-refractivity contribution in [1.29, 1.82) is 5.26 Å². The number of benzene rings is 1. The van der Waals surface area contributed by atoms with Crippen LogP contribution in [-0.4, -0.2) is 30.9 Å². The summed E-state index contributed by atoms with van der Waals surface area (Å²) in [7, 11) is 1.89. The van der Waals surface area contributed by atoms with E-state index in [1.165, 1.54) is 0 Å². The number of amides is 1. The normalized spacial score (nSPS) is 10.1. The first-order valence-corrected chi connectivity index (χ1v) is 6.10. The quantitative estimate of drug-likeness (QED) is 0.826. The first kappa shape index (κ1) is 14.2. The molecule has 1 aromatic carbocycles. The molecule has 0 radical (unpaired) electrons. The van der Waals surface area contributed by atoms with Crippen LogP contribution in [0.15, 0.2) is 24.3 Å². The first-order chi connectivity index (χ1) is 8.65. The number of likely N-dealkylation sites (N-methyl/N-ethyl adjacent to an activating group) is 1. The molecule has 0 spiro atoms. The van der Waals surface area contributed by atoms with Crippen LogP contribution in [0.5, 0.6) is 0 Å². The Morgan fingerprint density at radius 3 is 2.94 bits per heavy atom. The number of hydrogen-bond donors (Lipinski definition) is 1. The van der Waals surface area contributed by atoms with E-state index in [9.17, 15) is 4.79 Å². The lowest BCUT2D eigenvalue weighted by Gasteiger charge is -2.16. The summed E-state index contributed by atoms with van der Waals surface area (Å²) >= 11 is 0. The standard InChI is InChI=1S/C14H19N3O/c1-3-7-16-14(18)11-17(2)10-13-6-4-5-12(8-13)9-15/h4-6,8H,3,7,10-11H2,1-2H3,(H,16,18). The summed E-state index contributed by atoms with van der Waals surface area (Å²) in [6.45, 7) is 3.78. The molecule has 0 fully saturated rings. The second-order valence-electron chi connectivity index (χ2n) is 4.33. The third-order valence-electron chi connectivity index (χ3n) is 2.49. The van der Waals surface area contributed by atoms with Gasteiger partial charge in [0.05, 0.1) is 18.2 Å². The Morgan fingerprint density at radius 1 is 1.50 bits per heavy atom. The lowest BCUT2D eigenvalue weighted by molar-refractivity contribution is -0.122. The average molecular weight is 245 g/mol. The SMILES string of the molecule is CCCNC(=O)CN(C)Cc1cccc(C#N)c1. The summed E-state index contributed by atoms with van der Waals surface area (Å²) in [6, 6.07) is 9.55. The van der Waals surface area contributed by atoms with Gasteiger partial charge < -0.3 is 5.32 Å². The van der Waals surface area contributed by atoms with Gasteiger partial charge in [-0.15, -0.1) is 0 Å². The minimum Gasteiger partial charge on any atom is -0.355 e. The molecule has 0 aliphatic heterocycles. The molecule has 0 aromatic heterocycles. The first-order valence-electron chi connectivity index (χ1n) is 6.10. The van der Waals surface area contributed by atoms with Gasteiger partial charge in [-0.05, 0) is 31.2 Å². The molecular weight excluding hydrogens is 226 g/mol. The number of nitriles is 1. The molecule has 0 aliphatic carbocycles. The summed E-state index contributed by atoms with van der Waals surface area (Å²) in [4.78, 5) is 13.5. The van der Waals surface area contributed by atoms with Crippen LogP contribution < -0.4 is 5.32 Å². The van der Waals surface area contributed by atoms with E-state index in [-0.39, 0.29) is 5.91 Å². The lowest BCUT2D eigenvalue weighted by atomic mass is 10.1. The van der Waals surface area contributed by atoms with Gasteiger partial charge in [-0.2, -0.15) is 5.26 Å². The largest absolute Gasteiger partial charge is 0.355 e. The lowest BCUT2D eigenvalue weighted by Crippen LogP contribution is -2.35. The van der Waals surface area contributed by atoms with Crippen LogP contribution in [0.4, 0.5) is 0 Å². The number of nitrogens with zero attached hydrogens (tertiary/aromatic N) is 2. The van der Waals surface area contributed by atoms with E-state index in [0.717, 1.165) is 18.5 Å². The Hall–Kier alpha value is -1.86. The third-order valence-corrected chi connectivity index (χ3v) is 2.49. The van der Waals surface area contributed by atoms with Crippen LogP contribution >= 0.6 is 0 Å². The fraction of sp³-hybridized carbons (Fsp3) is 0.429. The summed E-state index contributed by atoms with van der Waals surface area (Å²) in [5, 5.41) is 11.6. The molecule has 1 N–H and O–H groups in total. The maximum atomic E-state index is 11.5. The van der Waals surface area contributed by atoms with Gasteiger partial charge in [0.25, 0.3) is 0 Å². The highest BCUT2D eigenvalue weighted by Crippen LogP contribution is 2.06. The van der Waals surface area contributed by atoms with Crippen molar-refractivity contribution >= 4 is 5.91 Å². The zero-order valence-electron chi connectivity index (χ0n) is 10.9. The highest BCUT2D eigenvalue weighted by atomic mass is 16.2. The fourth-order valence-electron chi connectivity index (χ4n) is 1.67. The van der Waals surface area contributed by atoms with Gasteiger partial charge in [-0.25, -0.2) is 0 Å². The molecule has 0 saturated heterocycles. The Labute approximate surface area is 108 Å². The van der Waals surface area contributed by atoms with E-state index < -0.39 is 0 Å². The van der Waals surface area contributed by atoms with E-state index in [1.54, 1.807) is 6.07 Å². The second-order valence-corrected chi connectivity index (χ2v) is 4.33. The molecule has 0 saturated carbocycles. The number of hydrogen-bond acceptors (Lipinski definition) is 3. The maximum Gasteiger partial charge on any atom is 0.234 e. The summed E-state index contributed by atoms with van der Waals surface area (Å²) in [5.74, 6) is 0.0378. The van der Waals surface area contributed by atoms with E-state index in [2.05, 4.69) is 11.4 Å². The Bertz CT molecular complexity index is 437. The van der Waals surface area contributed by atoms with Crippen molar-refractivity contribution < 1.29 is 4.79 Å². The van der Waals surface area contributed by atoms with Gasteiger partial charge >= 0.3 is 0 Å². The zero-order chi connectivity index (χ0) is 13.4. The molecule has 1 rings (SSSR count). The second kappa shape index (κ2) is 7.46. The smallest absolute Gasteiger partial charge is 0.234 e. The van der Waals surface area contributed by atoms with Crippen LogP contribution in [0.25, 0.3) is 0 Å². The van der Waals surface area contributed by atoms with Gasteiger partial charge in [0, 0.05) is 13.1 Å². The van der Waals surface area contributed by atoms with E-state index in [1.807, 2.05) is 37.1 Å².